The van der Waals surface area contributed by atoms with Crippen LogP contribution in [-0.4, -0.2) is 28.3 Å². The van der Waals surface area contributed by atoms with E-state index >= 15 is 0 Å². The number of ether oxygens (including phenoxy) is 2. The number of fused-ring (bicyclic) bond motifs is 2. The van der Waals surface area contributed by atoms with Crippen molar-refractivity contribution in [3.63, 3.8) is 0 Å². The van der Waals surface area contributed by atoms with Crippen molar-refractivity contribution < 1.29 is 28.9 Å². The van der Waals surface area contributed by atoms with E-state index in [0.717, 1.165) is 18.2 Å². The van der Waals surface area contributed by atoms with Gasteiger partial charge < -0.3 is 14.8 Å². The summed E-state index contributed by atoms with van der Waals surface area (Å²) in [6.07, 6.45) is 0. The Morgan fingerprint density at radius 3 is 2.27 bits per heavy atom. The minimum atomic E-state index is -2.25. The highest BCUT2D eigenvalue weighted by Crippen LogP contribution is 2.65. The number of hydrogen-bond donors (Lipinski definition) is 1. The summed E-state index contributed by atoms with van der Waals surface area (Å²) in [5, 5.41) is 36.6. The van der Waals surface area contributed by atoms with Gasteiger partial charge in [0.1, 0.15) is 11.8 Å². The molecule has 0 fully saturated rings. The largest absolute Gasteiger partial charge is 0.474 e. The van der Waals surface area contributed by atoms with Gasteiger partial charge in [-0.1, -0.05) is 36.9 Å². The maximum absolute atomic E-state index is 14.3. The molecule has 2 aliphatic rings. The number of amides is 1. The smallest absolute Gasteiger partial charge is 0.337 e. The number of nitro benzene ring substituents is 2. The number of benzene rings is 3. The van der Waals surface area contributed by atoms with Crippen molar-refractivity contribution in [3.8, 4) is 6.07 Å². The van der Waals surface area contributed by atoms with Gasteiger partial charge in [0, 0.05) is 46.6 Å². The van der Waals surface area contributed by atoms with Crippen LogP contribution in [0.15, 0.2) is 90.5 Å². The van der Waals surface area contributed by atoms with Crippen LogP contribution in [-0.2, 0) is 30.1 Å². The number of esters is 1. The number of carbonyl (C=O) groups is 2. The van der Waals surface area contributed by atoms with Crippen molar-refractivity contribution in [2.24, 2.45) is 0 Å². The lowest BCUT2D eigenvalue weighted by Gasteiger charge is -2.42. The monoisotopic (exact) mass is 552 g/mol. The van der Waals surface area contributed by atoms with Crippen molar-refractivity contribution in [3.05, 3.63) is 127 Å². The second-order valence-corrected chi connectivity index (χ2v) is 9.16. The number of anilines is 1. The first-order chi connectivity index (χ1) is 19.6. The van der Waals surface area contributed by atoms with E-state index in [1.54, 1.807) is 37.3 Å². The van der Waals surface area contributed by atoms with Gasteiger partial charge in [0.2, 0.25) is 5.91 Å². The lowest BCUT2D eigenvalue weighted by molar-refractivity contribution is -0.385. The lowest BCUT2D eigenvalue weighted by Crippen LogP contribution is -2.55. The summed E-state index contributed by atoms with van der Waals surface area (Å²) < 4.78 is 11.8. The Balaban J connectivity index is 1.96. The minimum Gasteiger partial charge on any atom is -0.474 e. The van der Waals surface area contributed by atoms with E-state index in [0.29, 0.717) is 5.56 Å². The topological polar surface area (TPSA) is 175 Å². The summed E-state index contributed by atoms with van der Waals surface area (Å²) in [6.45, 7) is 5.45. The Morgan fingerprint density at radius 1 is 1.05 bits per heavy atom. The molecule has 2 aliphatic heterocycles. The highest BCUT2D eigenvalue weighted by molar-refractivity contribution is 6.14. The molecule has 0 unspecified atom stereocenters. The number of carbonyl (C=O) groups excluding carboxylic acids is 2. The van der Waals surface area contributed by atoms with Gasteiger partial charge in [-0.25, -0.2) is 4.79 Å². The lowest BCUT2D eigenvalue weighted by atomic mass is 9.59. The van der Waals surface area contributed by atoms with Crippen molar-refractivity contribution in [1.29, 1.82) is 5.26 Å². The molecule has 41 heavy (non-hydrogen) atoms. The van der Waals surface area contributed by atoms with Gasteiger partial charge in [-0.2, -0.15) is 5.26 Å². The average Bonchev–Trinajstić information content (AvgIpc) is 3.45. The Labute approximate surface area is 232 Å². The van der Waals surface area contributed by atoms with Crippen LogP contribution >= 0.6 is 0 Å². The molecule has 1 N–H and O–H groups in total. The zero-order valence-electron chi connectivity index (χ0n) is 21.5. The fourth-order valence-electron chi connectivity index (χ4n) is 5.47. The fraction of sp³-hybridized carbons (Fsp3) is 0.138. The van der Waals surface area contributed by atoms with Crippen LogP contribution in [0.1, 0.15) is 23.6 Å². The molecule has 0 bridgehead atoms. The summed E-state index contributed by atoms with van der Waals surface area (Å²) in [5.74, 6) is -1.87. The van der Waals surface area contributed by atoms with E-state index in [4.69, 9.17) is 9.47 Å². The molecule has 12 nitrogen and oxygen atoms in total. The SMILES string of the molecule is C=C(C(=O)OCC)[C@@]1(c2ccc([N+](=O)[O-])cc2)OC(c2ccccc2)=C(C#N)[C@]12C(=O)Nc1ccc([N+](=O)[O-])cc12. The number of nitrogens with one attached hydrogen (secondary N) is 1. The molecule has 204 valence electrons. The van der Waals surface area contributed by atoms with Gasteiger partial charge in [0.15, 0.2) is 11.0 Å². The summed E-state index contributed by atoms with van der Waals surface area (Å²) >= 11 is 0. The van der Waals surface area contributed by atoms with E-state index in [-0.39, 0.29) is 46.1 Å². The second-order valence-electron chi connectivity index (χ2n) is 9.16. The minimum absolute atomic E-state index is 0.0111. The molecule has 0 saturated heterocycles. The average molecular weight is 552 g/mol. The summed E-state index contributed by atoms with van der Waals surface area (Å²) in [4.78, 5) is 49.7. The van der Waals surface area contributed by atoms with E-state index in [1.807, 2.05) is 0 Å². The Bertz CT molecular complexity index is 1730. The predicted octanol–water partition coefficient (Wildman–Crippen LogP) is 4.67. The maximum Gasteiger partial charge on any atom is 0.337 e. The third-order valence-corrected chi connectivity index (χ3v) is 7.17. The molecular formula is C29H20N4O8. The number of rotatable bonds is 7. The van der Waals surface area contributed by atoms with Crippen LogP contribution in [0.4, 0.5) is 17.1 Å². The Morgan fingerprint density at radius 2 is 1.68 bits per heavy atom. The molecule has 0 saturated carbocycles. The van der Waals surface area contributed by atoms with E-state index in [9.17, 15) is 35.1 Å². The maximum atomic E-state index is 14.3. The molecule has 0 aromatic heterocycles. The molecule has 2 atom stereocenters. The third-order valence-electron chi connectivity index (χ3n) is 7.17. The number of nitrogens with zero attached hydrogens (tertiary/aromatic N) is 3. The van der Waals surface area contributed by atoms with Crippen LogP contribution in [0.3, 0.4) is 0 Å². The van der Waals surface area contributed by atoms with Crippen LogP contribution in [0.5, 0.6) is 0 Å². The zero-order chi connectivity index (χ0) is 29.5. The van der Waals surface area contributed by atoms with E-state index in [2.05, 4.69) is 18.0 Å². The molecule has 1 spiro atoms. The van der Waals surface area contributed by atoms with Crippen LogP contribution in [0, 0.1) is 31.6 Å². The second kappa shape index (κ2) is 9.73. The highest BCUT2D eigenvalue weighted by atomic mass is 16.6. The summed E-state index contributed by atoms with van der Waals surface area (Å²) in [7, 11) is 0. The number of nitriles is 1. The van der Waals surface area contributed by atoms with Crippen molar-refractivity contribution in [2.45, 2.75) is 17.9 Å². The van der Waals surface area contributed by atoms with Crippen molar-refractivity contribution in [1.82, 2.24) is 0 Å². The molecule has 0 aliphatic carbocycles. The van der Waals surface area contributed by atoms with Crippen molar-refractivity contribution in [2.75, 3.05) is 11.9 Å². The van der Waals surface area contributed by atoms with Gasteiger partial charge in [0.25, 0.3) is 11.4 Å². The molecule has 3 aromatic carbocycles. The van der Waals surface area contributed by atoms with E-state index < -0.39 is 38.3 Å². The third kappa shape index (κ3) is 3.67. The molecule has 0 radical (unpaired) electrons. The van der Waals surface area contributed by atoms with Gasteiger partial charge >= 0.3 is 5.97 Å². The van der Waals surface area contributed by atoms with Gasteiger partial charge in [-0.05, 0) is 25.1 Å². The fourth-order valence-corrected chi connectivity index (χ4v) is 5.47. The number of hydrogen-bond acceptors (Lipinski definition) is 9. The number of nitro groups is 2. The zero-order valence-corrected chi connectivity index (χ0v) is 21.5. The first kappa shape index (κ1) is 26.8. The van der Waals surface area contributed by atoms with Gasteiger partial charge in [0.05, 0.1) is 27.6 Å². The van der Waals surface area contributed by atoms with Crippen LogP contribution in [0.2, 0.25) is 0 Å². The quantitative estimate of drug-likeness (QED) is 0.189. The Kier molecular flexibility index (Phi) is 6.35. The predicted molar refractivity (Wildman–Crippen MR) is 144 cm³/mol. The molecule has 2 heterocycles. The van der Waals surface area contributed by atoms with Crippen LogP contribution < -0.4 is 5.32 Å². The van der Waals surface area contributed by atoms with E-state index in [1.165, 1.54) is 24.3 Å². The normalized spacial score (nSPS) is 20.5. The van der Waals surface area contributed by atoms with Crippen LogP contribution in [0.25, 0.3) is 5.76 Å². The van der Waals surface area contributed by atoms with Gasteiger partial charge in [-0.15, -0.1) is 0 Å². The molecule has 12 heteroatoms. The molecule has 5 rings (SSSR count). The molecule has 3 aromatic rings. The first-order valence-corrected chi connectivity index (χ1v) is 12.2. The molecule has 1 amide bonds. The highest BCUT2D eigenvalue weighted by Gasteiger charge is 2.73. The van der Waals surface area contributed by atoms with Crippen molar-refractivity contribution >= 4 is 34.7 Å². The standard InChI is InChI=1S/C29H20N4O8/c1-3-40-26(34)17(2)29(19-9-11-20(12-10-19)32(36)37)28(23(16-30)25(41-29)18-7-5-4-6-8-18)22-15-21(33(38)39)13-14-24(22)31-27(28)35/h4-15H,2-3H2,1H3,(H,31,35)/t28-,29+/m1/s1. The van der Waals surface area contributed by atoms with Gasteiger partial charge in [-0.3, -0.25) is 25.0 Å². The first-order valence-electron chi connectivity index (χ1n) is 12.2. The number of non-ortho nitro benzene ring substituents is 2. The summed E-state index contributed by atoms with van der Waals surface area (Å²) in [6, 6.07) is 18.9. The molecular weight excluding hydrogens is 532 g/mol. The summed E-state index contributed by atoms with van der Waals surface area (Å²) in [5.41, 5.74) is -5.25. The Hall–Kier alpha value is -5.83.